The Bertz CT molecular complexity index is 636. The summed E-state index contributed by atoms with van der Waals surface area (Å²) in [4.78, 5) is 0. The van der Waals surface area contributed by atoms with E-state index in [2.05, 4.69) is 25.7 Å². The molecular weight excluding hydrogens is 278 g/mol. The van der Waals surface area contributed by atoms with Crippen LogP contribution in [-0.2, 0) is 10.0 Å². The van der Waals surface area contributed by atoms with Crippen LogP contribution in [0.1, 0.15) is 11.3 Å². The Hall–Kier alpha value is -2.09. The molecule has 2 rings (SSSR count). The maximum Gasteiger partial charge on any atom is 0.189 e. The lowest BCUT2D eigenvalue weighted by Crippen LogP contribution is -2.38. The van der Waals surface area contributed by atoms with Crippen molar-refractivity contribution in [2.75, 3.05) is 0 Å². The Balaban J connectivity index is 2.45. The first-order valence-corrected chi connectivity index (χ1v) is 10.3. The van der Waals surface area contributed by atoms with E-state index >= 15 is 0 Å². The molecule has 4 heteroatoms. The number of nitrogens with zero attached hydrogens (tertiary/aromatic N) is 1. The van der Waals surface area contributed by atoms with Crippen molar-refractivity contribution in [3.63, 3.8) is 0 Å². The Kier molecular flexibility index (Phi) is 4.46. The fourth-order valence-electron chi connectivity index (χ4n) is 2.07. The molecule has 0 saturated heterocycles. The van der Waals surface area contributed by atoms with Gasteiger partial charge in [0, 0.05) is 5.56 Å². The molecular formula is C17H19NO2Si. The van der Waals surface area contributed by atoms with Crippen LogP contribution in [-0.4, -0.2) is 8.32 Å². The van der Waals surface area contributed by atoms with Gasteiger partial charge in [0.2, 0.25) is 0 Å². The van der Waals surface area contributed by atoms with E-state index in [4.69, 9.17) is 8.84 Å². The molecule has 0 fully saturated rings. The van der Waals surface area contributed by atoms with Gasteiger partial charge in [0.05, 0.1) is 6.26 Å². The van der Waals surface area contributed by atoms with E-state index in [9.17, 15) is 5.26 Å². The summed E-state index contributed by atoms with van der Waals surface area (Å²) in [7, 11) is -1.92. The third-order valence-corrected chi connectivity index (χ3v) is 3.80. The molecule has 0 aliphatic heterocycles. The monoisotopic (exact) mass is 297 g/mol. The Morgan fingerprint density at radius 3 is 2.38 bits per heavy atom. The van der Waals surface area contributed by atoms with E-state index in [1.165, 1.54) is 0 Å². The average Bonchev–Trinajstić information content (AvgIpc) is 2.96. The molecule has 1 aromatic heterocycles. The molecule has 0 radical (unpaired) electrons. The van der Waals surface area contributed by atoms with Crippen LogP contribution < -0.4 is 0 Å². The molecule has 1 aromatic carbocycles. The molecule has 0 bridgehead atoms. The van der Waals surface area contributed by atoms with Crippen molar-refractivity contribution in [1.82, 2.24) is 0 Å². The van der Waals surface area contributed by atoms with Gasteiger partial charge in [-0.15, -0.1) is 0 Å². The maximum absolute atomic E-state index is 9.79. The van der Waals surface area contributed by atoms with Gasteiger partial charge in [-0.3, -0.25) is 0 Å². The minimum Gasteiger partial charge on any atom is -0.465 e. The number of nitriles is 1. The van der Waals surface area contributed by atoms with E-state index < -0.39 is 13.9 Å². The first-order chi connectivity index (χ1) is 9.95. The van der Waals surface area contributed by atoms with Crippen molar-refractivity contribution in [1.29, 1.82) is 5.26 Å². The topological polar surface area (TPSA) is 46.2 Å². The predicted molar refractivity (Wildman–Crippen MR) is 85.9 cm³/mol. The molecule has 108 valence electrons. The van der Waals surface area contributed by atoms with Gasteiger partial charge in [0.1, 0.15) is 11.8 Å². The second-order valence-electron chi connectivity index (χ2n) is 5.78. The van der Waals surface area contributed by atoms with Crippen molar-refractivity contribution in [2.24, 2.45) is 0 Å². The lowest BCUT2D eigenvalue weighted by Gasteiger charge is -2.31. The van der Waals surface area contributed by atoms with Crippen LogP contribution in [0.25, 0.3) is 6.08 Å². The third-order valence-electron chi connectivity index (χ3n) is 2.86. The van der Waals surface area contributed by atoms with Gasteiger partial charge in [-0.25, -0.2) is 0 Å². The van der Waals surface area contributed by atoms with Gasteiger partial charge in [-0.05, 0) is 43.9 Å². The minimum absolute atomic E-state index is 0.699. The van der Waals surface area contributed by atoms with E-state index in [0.29, 0.717) is 5.76 Å². The second-order valence-corrected chi connectivity index (χ2v) is 10.2. The highest BCUT2D eigenvalue weighted by atomic mass is 28.4. The smallest absolute Gasteiger partial charge is 0.189 e. The lowest BCUT2D eigenvalue weighted by molar-refractivity contribution is 0.173. The number of rotatable bonds is 5. The summed E-state index contributed by atoms with van der Waals surface area (Å²) in [6.45, 7) is 6.22. The second kappa shape index (κ2) is 6.13. The van der Waals surface area contributed by atoms with Gasteiger partial charge in [-0.2, -0.15) is 5.26 Å². The summed E-state index contributed by atoms with van der Waals surface area (Å²) >= 11 is 0. The number of furan rings is 1. The Morgan fingerprint density at radius 1 is 1.14 bits per heavy atom. The zero-order chi connectivity index (χ0) is 15.3. The summed E-state index contributed by atoms with van der Waals surface area (Å²) in [6.07, 6.45) is 5.17. The lowest BCUT2D eigenvalue weighted by atomic mass is 9.95. The zero-order valence-electron chi connectivity index (χ0n) is 12.5. The molecule has 0 spiro atoms. The van der Waals surface area contributed by atoms with Gasteiger partial charge in [0.15, 0.2) is 13.9 Å². The highest BCUT2D eigenvalue weighted by Crippen LogP contribution is 2.31. The van der Waals surface area contributed by atoms with Crippen molar-refractivity contribution >= 4 is 14.4 Å². The summed E-state index contributed by atoms with van der Waals surface area (Å²) in [5.74, 6) is 0.699. The normalized spacial score (nSPS) is 14.8. The highest BCUT2D eigenvalue weighted by molar-refractivity contribution is 6.69. The van der Waals surface area contributed by atoms with E-state index in [0.717, 1.165) is 5.56 Å². The SMILES string of the molecule is C[Si](C)(C)OC(C#N)(/C=C/c1ccco1)c1ccccc1. The number of benzene rings is 1. The molecule has 0 N–H and O–H groups in total. The minimum atomic E-state index is -1.92. The van der Waals surface area contributed by atoms with Gasteiger partial charge in [-0.1, -0.05) is 30.3 Å². The first-order valence-electron chi connectivity index (χ1n) is 6.85. The molecule has 3 nitrogen and oxygen atoms in total. The van der Waals surface area contributed by atoms with Crippen molar-refractivity contribution in [3.8, 4) is 6.07 Å². The average molecular weight is 297 g/mol. The summed E-state index contributed by atoms with van der Waals surface area (Å²) in [6, 6.07) is 15.6. The summed E-state index contributed by atoms with van der Waals surface area (Å²) < 4.78 is 11.5. The van der Waals surface area contributed by atoms with Crippen LogP contribution in [0.2, 0.25) is 19.6 Å². The molecule has 2 aromatic rings. The van der Waals surface area contributed by atoms with E-state index in [1.54, 1.807) is 18.4 Å². The Morgan fingerprint density at radius 2 is 1.86 bits per heavy atom. The molecule has 0 aliphatic rings. The van der Waals surface area contributed by atoms with E-state index in [-0.39, 0.29) is 0 Å². The first kappa shape index (κ1) is 15.3. The molecule has 1 heterocycles. The highest BCUT2D eigenvalue weighted by Gasteiger charge is 2.35. The molecule has 1 atom stereocenters. The van der Waals surface area contributed by atoms with Gasteiger partial charge >= 0.3 is 0 Å². The quantitative estimate of drug-likeness (QED) is 0.760. The molecule has 0 aliphatic carbocycles. The van der Waals surface area contributed by atoms with Crippen LogP contribution >= 0.6 is 0 Å². The van der Waals surface area contributed by atoms with E-state index in [1.807, 2.05) is 42.5 Å². The van der Waals surface area contributed by atoms with Gasteiger partial charge < -0.3 is 8.84 Å². The summed E-state index contributed by atoms with van der Waals surface area (Å²) in [5, 5.41) is 9.79. The van der Waals surface area contributed by atoms with Crippen molar-refractivity contribution in [2.45, 2.75) is 25.2 Å². The van der Waals surface area contributed by atoms with Crippen LogP contribution in [0.15, 0.2) is 59.2 Å². The zero-order valence-corrected chi connectivity index (χ0v) is 13.5. The predicted octanol–water partition coefficient (Wildman–Crippen LogP) is 4.56. The summed E-state index contributed by atoms with van der Waals surface area (Å²) in [5.41, 5.74) is -0.254. The van der Waals surface area contributed by atoms with Crippen LogP contribution in [0.5, 0.6) is 0 Å². The van der Waals surface area contributed by atoms with Crippen LogP contribution in [0.3, 0.4) is 0 Å². The Labute approximate surface area is 126 Å². The number of hydrogen-bond donors (Lipinski definition) is 0. The largest absolute Gasteiger partial charge is 0.465 e. The van der Waals surface area contributed by atoms with Crippen molar-refractivity contribution < 1.29 is 8.84 Å². The molecule has 0 amide bonds. The fourth-order valence-corrected chi connectivity index (χ4v) is 3.27. The third kappa shape index (κ3) is 3.94. The van der Waals surface area contributed by atoms with Crippen LogP contribution in [0.4, 0.5) is 0 Å². The standard InChI is InChI=1S/C17H19NO2Si/c1-21(2,3)20-17(14-18,15-8-5-4-6-9-15)12-11-16-10-7-13-19-16/h4-13H,1-3H3/b12-11+. The van der Waals surface area contributed by atoms with Gasteiger partial charge in [0.25, 0.3) is 0 Å². The molecule has 1 unspecified atom stereocenters. The van der Waals surface area contributed by atoms with Crippen molar-refractivity contribution in [3.05, 3.63) is 66.1 Å². The fraction of sp³-hybridized carbons (Fsp3) is 0.235. The molecule has 21 heavy (non-hydrogen) atoms. The number of hydrogen-bond acceptors (Lipinski definition) is 3. The maximum atomic E-state index is 9.79. The van der Waals surface area contributed by atoms with Crippen LogP contribution in [0, 0.1) is 11.3 Å². The molecule has 0 saturated carbocycles.